The SMILES string of the molecule is Cc1nc(CN2CCN(c3ncnc4scc(-c5ccc(Cl)cc5)c34)CC2)cs1. The van der Waals surface area contributed by atoms with Crippen LogP contribution in [0.15, 0.2) is 41.4 Å². The average Bonchev–Trinajstić information content (AvgIpc) is 3.35. The van der Waals surface area contributed by atoms with Crippen molar-refractivity contribution in [1.29, 1.82) is 0 Å². The maximum absolute atomic E-state index is 6.08. The Morgan fingerprint density at radius 3 is 2.52 bits per heavy atom. The molecule has 8 heteroatoms. The van der Waals surface area contributed by atoms with E-state index in [9.17, 15) is 0 Å². The van der Waals surface area contributed by atoms with Gasteiger partial charge in [-0.3, -0.25) is 4.90 Å². The number of fused-ring (bicyclic) bond motifs is 1. The van der Waals surface area contributed by atoms with Gasteiger partial charge in [-0.05, 0) is 24.6 Å². The van der Waals surface area contributed by atoms with Gasteiger partial charge in [0.1, 0.15) is 17.0 Å². The Morgan fingerprint density at radius 2 is 1.79 bits per heavy atom. The Labute approximate surface area is 182 Å². The normalized spacial score (nSPS) is 15.3. The van der Waals surface area contributed by atoms with Crippen LogP contribution in [-0.2, 0) is 6.54 Å². The van der Waals surface area contributed by atoms with E-state index in [2.05, 4.69) is 54.6 Å². The molecule has 0 radical (unpaired) electrons. The van der Waals surface area contributed by atoms with Gasteiger partial charge in [0.15, 0.2) is 0 Å². The van der Waals surface area contributed by atoms with Gasteiger partial charge in [0.2, 0.25) is 0 Å². The summed E-state index contributed by atoms with van der Waals surface area (Å²) >= 11 is 9.47. The van der Waals surface area contributed by atoms with Crippen LogP contribution in [0, 0.1) is 6.92 Å². The minimum Gasteiger partial charge on any atom is -0.353 e. The molecule has 0 saturated carbocycles. The largest absolute Gasteiger partial charge is 0.353 e. The minimum atomic E-state index is 0.746. The molecule has 1 aliphatic rings. The molecule has 0 bridgehead atoms. The lowest BCUT2D eigenvalue weighted by Gasteiger charge is -2.35. The van der Waals surface area contributed by atoms with E-state index in [0.717, 1.165) is 64.4 Å². The van der Waals surface area contributed by atoms with Gasteiger partial charge in [-0.15, -0.1) is 22.7 Å². The maximum atomic E-state index is 6.08. The topological polar surface area (TPSA) is 45.2 Å². The van der Waals surface area contributed by atoms with Crippen LogP contribution < -0.4 is 4.90 Å². The van der Waals surface area contributed by atoms with Gasteiger partial charge in [-0.2, -0.15) is 0 Å². The summed E-state index contributed by atoms with van der Waals surface area (Å²) in [6.07, 6.45) is 1.68. The van der Waals surface area contributed by atoms with Crippen molar-refractivity contribution in [3.05, 3.63) is 57.1 Å². The van der Waals surface area contributed by atoms with Crippen molar-refractivity contribution in [3.63, 3.8) is 0 Å². The molecule has 5 rings (SSSR count). The van der Waals surface area contributed by atoms with Gasteiger partial charge < -0.3 is 4.90 Å². The van der Waals surface area contributed by atoms with Gasteiger partial charge in [-0.1, -0.05) is 23.7 Å². The molecule has 1 aromatic carbocycles. The molecule has 0 aliphatic carbocycles. The Hall–Kier alpha value is -2.06. The zero-order valence-corrected chi connectivity index (χ0v) is 18.4. The number of halogens is 1. The molecular weight excluding hydrogens is 422 g/mol. The van der Waals surface area contributed by atoms with Crippen molar-refractivity contribution in [2.24, 2.45) is 0 Å². The predicted octanol–water partition coefficient (Wildman–Crippen LogP) is 5.10. The third-order valence-corrected chi connectivity index (χ3v) is 7.19. The van der Waals surface area contributed by atoms with Crippen LogP contribution in [-0.4, -0.2) is 46.0 Å². The second-order valence-electron chi connectivity index (χ2n) is 7.15. The summed E-state index contributed by atoms with van der Waals surface area (Å²) in [5, 5.41) is 7.36. The first-order valence-corrected chi connectivity index (χ1v) is 11.7. The quantitative estimate of drug-likeness (QED) is 0.441. The van der Waals surface area contributed by atoms with Crippen molar-refractivity contribution in [3.8, 4) is 11.1 Å². The third-order valence-electron chi connectivity index (χ3n) is 5.23. The van der Waals surface area contributed by atoms with E-state index in [1.165, 1.54) is 11.3 Å². The zero-order valence-electron chi connectivity index (χ0n) is 16.0. The molecule has 1 saturated heterocycles. The zero-order chi connectivity index (χ0) is 19.8. The molecule has 29 heavy (non-hydrogen) atoms. The molecule has 4 aromatic rings. The average molecular weight is 442 g/mol. The van der Waals surface area contributed by atoms with E-state index in [1.807, 2.05) is 12.1 Å². The molecule has 1 fully saturated rings. The van der Waals surface area contributed by atoms with Crippen LogP contribution in [0.1, 0.15) is 10.7 Å². The number of benzene rings is 1. The molecule has 1 aliphatic heterocycles. The van der Waals surface area contributed by atoms with Crippen molar-refractivity contribution < 1.29 is 0 Å². The number of thiazole rings is 1. The summed E-state index contributed by atoms with van der Waals surface area (Å²) in [5.74, 6) is 1.03. The highest BCUT2D eigenvalue weighted by atomic mass is 35.5. The van der Waals surface area contributed by atoms with Crippen molar-refractivity contribution in [2.75, 3.05) is 31.1 Å². The van der Waals surface area contributed by atoms with E-state index in [0.29, 0.717) is 0 Å². The van der Waals surface area contributed by atoms with E-state index in [1.54, 1.807) is 29.0 Å². The Kier molecular flexibility index (Phi) is 5.22. The fourth-order valence-corrected chi connectivity index (χ4v) is 5.41. The molecule has 0 unspecified atom stereocenters. The molecular formula is C21H20ClN5S2. The highest BCUT2D eigenvalue weighted by Gasteiger charge is 2.23. The van der Waals surface area contributed by atoms with Gasteiger partial charge in [0, 0.05) is 54.1 Å². The molecule has 0 amide bonds. The maximum Gasteiger partial charge on any atom is 0.141 e. The van der Waals surface area contributed by atoms with Crippen LogP contribution in [0.4, 0.5) is 5.82 Å². The Morgan fingerprint density at radius 1 is 1.00 bits per heavy atom. The number of piperazine rings is 1. The number of hydrogen-bond acceptors (Lipinski definition) is 7. The molecule has 148 valence electrons. The van der Waals surface area contributed by atoms with Crippen molar-refractivity contribution in [1.82, 2.24) is 19.9 Å². The number of rotatable bonds is 4. The molecule has 0 atom stereocenters. The first-order chi connectivity index (χ1) is 14.2. The predicted molar refractivity (Wildman–Crippen MR) is 122 cm³/mol. The standard InChI is InChI=1S/C21H20ClN5S2/c1-14-25-17(11-28-14)10-26-6-8-27(9-7-26)20-19-18(12-29-21(19)24-13-23-20)15-2-4-16(22)5-3-15/h2-5,11-13H,6-10H2,1H3. The van der Waals surface area contributed by atoms with Gasteiger partial charge >= 0.3 is 0 Å². The first-order valence-electron chi connectivity index (χ1n) is 9.54. The lowest BCUT2D eigenvalue weighted by atomic mass is 10.1. The summed E-state index contributed by atoms with van der Waals surface area (Å²) in [5.41, 5.74) is 3.50. The second-order valence-corrected chi connectivity index (χ2v) is 9.51. The van der Waals surface area contributed by atoms with Crippen LogP contribution in [0.3, 0.4) is 0 Å². The van der Waals surface area contributed by atoms with E-state index in [-0.39, 0.29) is 0 Å². The number of anilines is 1. The van der Waals surface area contributed by atoms with E-state index >= 15 is 0 Å². The van der Waals surface area contributed by atoms with Crippen LogP contribution in [0.25, 0.3) is 21.3 Å². The summed E-state index contributed by atoms with van der Waals surface area (Å²) in [6.45, 7) is 6.89. The minimum absolute atomic E-state index is 0.746. The fraction of sp³-hybridized carbons (Fsp3) is 0.286. The molecule has 0 spiro atoms. The highest BCUT2D eigenvalue weighted by Crippen LogP contribution is 2.38. The third kappa shape index (κ3) is 3.88. The van der Waals surface area contributed by atoms with Gasteiger partial charge in [0.25, 0.3) is 0 Å². The van der Waals surface area contributed by atoms with Crippen LogP contribution >= 0.6 is 34.3 Å². The van der Waals surface area contributed by atoms with Gasteiger partial charge in [0.05, 0.1) is 16.1 Å². The summed E-state index contributed by atoms with van der Waals surface area (Å²) in [4.78, 5) is 19.7. The Bertz CT molecular complexity index is 1130. The van der Waals surface area contributed by atoms with Crippen molar-refractivity contribution in [2.45, 2.75) is 13.5 Å². The number of nitrogens with zero attached hydrogens (tertiary/aromatic N) is 5. The number of aromatic nitrogens is 3. The summed E-state index contributed by atoms with van der Waals surface area (Å²) in [6, 6.07) is 7.99. The summed E-state index contributed by atoms with van der Waals surface area (Å²) < 4.78 is 0. The van der Waals surface area contributed by atoms with Crippen LogP contribution in [0.2, 0.25) is 5.02 Å². The lowest BCUT2D eigenvalue weighted by Crippen LogP contribution is -2.46. The second kappa shape index (κ2) is 7.99. The fourth-order valence-electron chi connectivity index (χ4n) is 3.77. The lowest BCUT2D eigenvalue weighted by molar-refractivity contribution is 0.247. The molecule has 0 N–H and O–H groups in total. The molecule has 3 aromatic heterocycles. The first kappa shape index (κ1) is 18.9. The monoisotopic (exact) mass is 441 g/mol. The van der Waals surface area contributed by atoms with E-state index < -0.39 is 0 Å². The molecule has 4 heterocycles. The van der Waals surface area contributed by atoms with Gasteiger partial charge in [-0.25, -0.2) is 15.0 Å². The van der Waals surface area contributed by atoms with Crippen molar-refractivity contribution >= 4 is 50.3 Å². The molecule has 5 nitrogen and oxygen atoms in total. The number of hydrogen-bond donors (Lipinski definition) is 0. The number of thiophene rings is 1. The Balaban J connectivity index is 1.39. The highest BCUT2D eigenvalue weighted by molar-refractivity contribution is 7.17. The smallest absolute Gasteiger partial charge is 0.141 e. The van der Waals surface area contributed by atoms with Crippen LogP contribution in [0.5, 0.6) is 0 Å². The number of aryl methyl sites for hydroxylation is 1. The summed E-state index contributed by atoms with van der Waals surface area (Å²) in [7, 11) is 0. The van der Waals surface area contributed by atoms with E-state index in [4.69, 9.17) is 11.6 Å².